The molecule has 0 saturated carbocycles. The van der Waals surface area contributed by atoms with Crippen LogP contribution >= 0.6 is 34.2 Å². The van der Waals surface area contributed by atoms with E-state index in [1.807, 2.05) is 12.1 Å². The predicted octanol–water partition coefficient (Wildman–Crippen LogP) is 3.69. The molecule has 1 aromatic rings. The molecule has 0 saturated heterocycles. The average molecular weight is 242 g/mol. The zero-order valence-electron chi connectivity index (χ0n) is 7.64. The topological polar surface area (TPSA) is 9.23 Å². The molecule has 0 radical (unpaired) electrons. The Labute approximate surface area is 97.1 Å². The van der Waals surface area contributed by atoms with Crippen molar-refractivity contribution in [1.29, 1.82) is 0 Å². The van der Waals surface area contributed by atoms with Crippen LogP contribution in [0.1, 0.15) is 5.56 Å². The van der Waals surface area contributed by atoms with Gasteiger partial charge in [-0.3, -0.25) is 0 Å². The minimum absolute atomic E-state index is 0.317. The maximum Gasteiger partial charge on any atom is 0.118 e. The van der Waals surface area contributed by atoms with E-state index in [-0.39, 0.29) is 0 Å². The van der Waals surface area contributed by atoms with Crippen molar-refractivity contribution in [3.63, 3.8) is 0 Å². The van der Waals surface area contributed by atoms with Crippen LogP contribution in [0.4, 0.5) is 0 Å². The first-order valence-electron chi connectivity index (χ1n) is 4.17. The van der Waals surface area contributed by atoms with E-state index in [9.17, 15) is 0 Å². The fourth-order valence-electron chi connectivity index (χ4n) is 1.19. The summed E-state index contributed by atoms with van der Waals surface area (Å²) in [4.78, 5) is 1.29. The number of ether oxygens (including phenoxy) is 1. The average Bonchev–Trinajstić information content (AvgIpc) is 2.65. The second-order valence-corrected chi connectivity index (χ2v) is 6.12. The molecule has 74 valence electrons. The molecule has 0 bridgehead atoms. The Bertz CT molecular complexity index is 345. The molecule has 0 N–H and O–H groups in total. The summed E-state index contributed by atoms with van der Waals surface area (Å²) in [7, 11) is 5.22. The molecule has 1 nitrogen and oxygen atoms in total. The molecule has 2 rings (SSSR count). The third kappa shape index (κ3) is 2.24. The third-order valence-electron chi connectivity index (χ3n) is 1.90. The molecule has 1 atom stereocenters. The molecule has 1 unspecified atom stereocenters. The van der Waals surface area contributed by atoms with Gasteiger partial charge in [0.1, 0.15) is 5.75 Å². The molecule has 1 aliphatic heterocycles. The van der Waals surface area contributed by atoms with Gasteiger partial charge in [-0.05, 0) is 23.8 Å². The van der Waals surface area contributed by atoms with Gasteiger partial charge in [-0.2, -0.15) is 12.6 Å². The van der Waals surface area contributed by atoms with Gasteiger partial charge < -0.3 is 4.74 Å². The second kappa shape index (κ2) is 4.55. The zero-order valence-corrected chi connectivity index (χ0v) is 10.2. The highest BCUT2D eigenvalue weighted by Crippen LogP contribution is 2.48. The van der Waals surface area contributed by atoms with Crippen LogP contribution in [0.25, 0.3) is 4.91 Å². The first kappa shape index (κ1) is 10.3. The van der Waals surface area contributed by atoms with Gasteiger partial charge in [0, 0.05) is 4.91 Å². The predicted molar refractivity (Wildman–Crippen MR) is 68.9 cm³/mol. The van der Waals surface area contributed by atoms with Gasteiger partial charge in [0.15, 0.2) is 0 Å². The number of hydrogen-bond acceptors (Lipinski definition) is 4. The van der Waals surface area contributed by atoms with E-state index < -0.39 is 0 Å². The zero-order chi connectivity index (χ0) is 9.97. The molecular formula is C10H10OS3. The number of methoxy groups -OCH3 is 1. The van der Waals surface area contributed by atoms with Gasteiger partial charge in [0.05, 0.1) is 11.7 Å². The van der Waals surface area contributed by atoms with E-state index >= 15 is 0 Å². The highest BCUT2D eigenvalue weighted by atomic mass is 33.1. The van der Waals surface area contributed by atoms with Crippen LogP contribution in [-0.2, 0) is 0 Å². The number of hydrogen-bond donors (Lipinski definition) is 1. The summed E-state index contributed by atoms with van der Waals surface area (Å²) in [6.45, 7) is 0. The van der Waals surface area contributed by atoms with Gasteiger partial charge in [0.2, 0.25) is 0 Å². The van der Waals surface area contributed by atoms with Crippen molar-refractivity contribution in [2.24, 2.45) is 0 Å². The lowest BCUT2D eigenvalue weighted by atomic mass is 10.2. The maximum absolute atomic E-state index is 5.11. The molecule has 4 heteroatoms. The van der Waals surface area contributed by atoms with Crippen LogP contribution in [0.5, 0.6) is 5.75 Å². The molecular weight excluding hydrogens is 232 g/mol. The summed E-state index contributed by atoms with van der Waals surface area (Å²) < 4.78 is 5.42. The highest BCUT2D eigenvalue weighted by Gasteiger charge is 2.14. The summed E-state index contributed by atoms with van der Waals surface area (Å²) in [6.07, 6.45) is 2.17. The van der Waals surface area contributed by atoms with Crippen molar-refractivity contribution in [1.82, 2.24) is 0 Å². The quantitative estimate of drug-likeness (QED) is 0.626. The van der Waals surface area contributed by atoms with Gasteiger partial charge in [-0.1, -0.05) is 33.7 Å². The fourth-order valence-corrected chi connectivity index (χ4v) is 3.96. The minimum Gasteiger partial charge on any atom is -0.497 e. The Morgan fingerprint density at radius 3 is 2.50 bits per heavy atom. The summed E-state index contributed by atoms with van der Waals surface area (Å²) >= 11 is 4.38. The molecule has 0 spiro atoms. The summed E-state index contributed by atoms with van der Waals surface area (Å²) in [5, 5.41) is 0. The number of rotatable bonds is 2. The van der Waals surface area contributed by atoms with E-state index in [1.165, 1.54) is 10.5 Å². The normalized spacial score (nSPS) is 20.7. The molecule has 14 heavy (non-hydrogen) atoms. The van der Waals surface area contributed by atoms with E-state index in [2.05, 4.69) is 30.8 Å². The van der Waals surface area contributed by atoms with Gasteiger partial charge in [0.25, 0.3) is 0 Å². The largest absolute Gasteiger partial charge is 0.497 e. The Hall–Kier alpha value is -0.190. The lowest BCUT2D eigenvalue weighted by Gasteiger charge is -2.02. The van der Waals surface area contributed by atoms with Gasteiger partial charge >= 0.3 is 0 Å². The molecule has 0 aromatic heterocycles. The van der Waals surface area contributed by atoms with Gasteiger partial charge in [-0.25, -0.2) is 0 Å². The summed E-state index contributed by atoms with van der Waals surface area (Å²) in [5.74, 6) is 0.896. The van der Waals surface area contributed by atoms with Crippen LogP contribution in [0.15, 0.2) is 30.3 Å². The smallest absolute Gasteiger partial charge is 0.118 e. The van der Waals surface area contributed by atoms with E-state index in [4.69, 9.17) is 4.74 Å². The molecule has 1 aliphatic rings. The van der Waals surface area contributed by atoms with Crippen molar-refractivity contribution in [3.05, 3.63) is 35.9 Å². The third-order valence-corrected chi connectivity index (χ3v) is 5.23. The van der Waals surface area contributed by atoms with E-state index in [0.717, 1.165) is 5.75 Å². The monoisotopic (exact) mass is 242 g/mol. The van der Waals surface area contributed by atoms with Crippen LogP contribution in [-0.4, -0.2) is 11.7 Å². The lowest BCUT2D eigenvalue weighted by Crippen LogP contribution is -1.83. The number of thiol groups is 1. The van der Waals surface area contributed by atoms with Crippen LogP contribution in [0.3, 0.4) is 0 Å². The first-order chi connectivity index (χ1) is 6.79. The Morgan fingerprint density at radius 2 is 2.00 bits per heavy atom. The molecule has 0 aliphatic carbocycles. The minimum atomic E-state index is 0.317. The van der Waals surface area contributed by atoms with Gasteiger partial charge in [-0.15, -0.1) is 0 Å². The maximum atomic E-state index is 5.11. The van der Waals surface area contributed by atoms with Crippen molar-refractivity contribution >= 4 is 39.1 Å². The first-order valence-corrected chi connectivity index (χ1v) is 6.90. The summed E-state index contributed by atoms with van der Waals surface area (Å²) in [6, 6.07) is 8.11. The molecule has 1 aromatic carbocycles. The van der Waals surface area contributed by atoms with E-state index in [0.29, 0.717) is 4.58 Å². The van der Waals surface area contributed by atoms with Crippen molar-refractivity contribution < 1.29 is 4.74 Å². The molecule has 1 heterocycles. The van der Waals surface area contributed by atoms with Crippen molar-refractivity contribution in [3.8, 4) is 5.75 Å². The highest BCUT2D eigenvalue weighted by molar-refractivity contribution is 8.82. The fraction of sp³-hybridized carbons (Fsp3) is 0.200. The Balaban J connectivity index is 2.21. The van der Waals surface area contributed by atoms with Crippen molar-refractivity contribution in [2.45, 2.75) is 4.58 Å². The van der Waals surface area contributed by atoms with Crippen LogP contribution in [0, 0.1) is 0 Å². The van der Waals surface area contributed by atoms with Crippen LogP contribution in [0.2, 0.25) is 0 Å². The second-order valence-electron chi connectivity index (χ2n) is 2.83. The van der Waals surface area contributed by atoms with E-state index in [1.54, 1.807) is 28.7 Å². The summed E-state index contributed by atoms with van der Waals surface area (Å²) in [5.41, 5.74) is 1.24. The SMILES string of the molecule is COc1ccc(C2=CC(S)SS2)cc1. The standard InChI is InChI=1S/C10H10OS3/c1-11-8-4-2-7(3-5-8)9-6-10(12)14-13-9/h2-6,10,12H,1H3. The number of benzene rings is 1. The molecule has 0 fully saturated rings. The molecule has 0 amide bonds. The Kier molecular flexibility index (Phi) is 3.36. The lowest BCUT2D eigenvalue weighted by molar-refractivity contribution is 0.415. The van der Waals surface area contributed by atoms with Crippen molar-refractivity contribution in [2.75, 3.05) is 7.11 Å². The van der Waals surface area contributed by atoms with Crippen LogP contribution < -0.4 is 4.74 Å². The Morgan fingerprint density at radius 1 is 1.29 bits per heavy atom.